The van der Waals surface area contributed by atoms with E-state index in [1.165, 1.54) is 5.56 Å². The Morgan fingerprint density at radius 2 is 2.33 bits per heavy atom. The normalized spacial score (nSPS) is 16.1. The number of hydrogen-bond donors (Lipinski definition) is 1. The number of likely N-dealkylation sites (N-methyl/N-ethyl adjacent to an activating group) is 1. The van der Waals surface area contributed by atoms with Gasteiger partial charge < -0.3 is 14.8 Å². The first-order chi connectivity index (χ1) is 8.76. The second-order valence-corrected chi connectivity index (χ2v) is 4.98. The van der Waals surface area contributed by atoms with E-state index in [0.29, 0.717) is 0 Å². The Kier molecular flexibility index (Phi) is 4.66. The maximum Gasteiger partial charge on any atom is 0.133 e. The van der Waals surface area contributed by atoms with E-state index >= 15 is 0 Å². The quantitative estimate of drug-likeness (QED) is 0.904. The van der Waals surface area contributed by atoms with Crippen molar-refractivity contribution < 1.29 is 9.47 Å². The third-order valence-corrected chi connectivity index (χ3v) is 3.55. The molecule has 1 atom stereocenters. The third kappa shape index (κ3) is 2.87. The zero-order valence-corrected chi connectivity index (χ0v) is 12.3. The minimum Gasteiger partial charge on any atom is -0.496 e. The highest BCUT2D eigenvalue weighted by Gasteiger charge is 2.20. The minimum atomic E-state index is 0.125. The van der Waals surface area contributed by atoms with E-state index in [2.05, 4.69) is 46.4 Å². The van der Waals surface area contributed by atoms with Crippen molar-refractivity contribution in [2.24, 2.45) is 0 Å². The van der Waals surface area contributed by atoms with E-state index in [1.54, 1.807) is 7.11 Å². The molecule has 1 aliphatic heterocycles. The predicted molar refractivity (Wildman–Crippen MR) is 75.8 cm³/mol. The first-order valence-corrected chi connectivity index (χ1v) is 6.95. The number of ether oxygens (including phenoxy) is 2. The molecule has 1 aromatic carbocycles. The molecule has 0 amide bonds. The molecule has 0 aromatic heterocycles. The molecular formula is C14H18BrNO2. The zero-order chi connectivity index (χ0) is 13.0. The molecule has 0 fully saturated rings. The maximum atomic E-state index is 5.67. The largest absolute Gasteiger partial charge is 0.496 e. The van der Waals surface area contributed by atoms with Gasteiger partial charge in [0.1, 0.15) is 11.5 Å². The Balaban J connectivity index is 2.27. The van der Waals surface area contributed by atoms with Gasteiger partial charge in [-0.3, -0.25) is 0 Å². The van der Waals surface area contributed by atoms with Crippen molar-refractivity contribution in [3.63, 3.8) is 0 Å². The summed E-state index contributed by atoms with van der Waals surface area (Å²) in [5.41, 5.74) is 1.18. The monoisotopic (exact) mass is 311 g/mol. The van der Waals surface area contributed by atoms with Crippen LogP contribution in [0.3, 0.4) is 0 Å². The molecule has 0 bridgehead atoms. The van der Waals surface area contributed by atoms with Gasteiger partial charge in [0, 0.05) is 6.42 Å². The first kappa shape index (κ1) is 13.4. The van der Waals surface area contributed by atoms with E-state index in [4.69, 9.17) is 9.47 Å². The van der Waals surface area contributed by atoms with Crippen molar-refractivity contribution >= 4 is 15.9 Å². The van der Waals surface area contributed by atoms with Crippen LogP contribution in [0.5, 0.6) is 5.75 Å². The summed E-state index contributed by atoms with van der Waals surface area (Å²) in [6.45, 7) is 3.78. The van der Waals surface area contributed by atoms with Gasteiger partial charge in [0.25, 0.3) is 0 Å². The molecule has 1 heterocycles. The SMILES string of the molecule is CCNC(C1=CCCO1)c1ccc(OC)c(Br)c1. The van der Waals surface area contributed by atoms with E-state index in [0.717, 1.165) is 35.6 Å². The summed E-state index contributed by atoms with van der Waals surface area (Å²) < 4.78 is 11.9. The second kappa shape index (κ2) is 6.25. The Labute approximate surface area is 116 Å². The van der Waals surface area contributed by atoms with Crippen LogP contribution >= 0.6 is 15.9 Å². The highest BCUT2D eigenvalue weighted by atomic mass is 79.9. The molecule has 98 valence electrons. The van der Waals surface area contributed by atoms with Crippen LogP contribution in [0.4, 0.5) is 0 Å². The molecule has 0 radical (unpaired) electrons. The molecule has 3 nitrogen and oxygen atoms in total. The highest BCUT2D eigenvalue weighted by molar-refractivity contribution is 9.10. The van der Waals surface area contributed by atoms with Gasteiger partial charge in [0.2, 0.25) is 0 Å². The van der Waals surface area contributed by atoms with Crippen LogP contribution < -0.4 is 10.1 Å². The molecule has 1 N–H and O–H groups in total. The Hall–Kier alpha value is -1.00. The standard InChI is InChI=1S/C14H18BrNO2/c1-3-16-14(13-5-4-8-18-13)10-6-7-12(17-2)11(15)9-10/h5-7,9,14,16H,3-4,8H2,1-2H3. The van der Waals surface area contributed by atoms with Gasteiger partial charge in [0.15, 0.2) is 0 Å². The molecule has 1 unspecified atom stereocenters. The fourth-order valence-electron chi connectivity index (χ4n) is 2.09. The minimum absolute atomic E-state index is 0.125. The predicted octanol–water partition coefficient (Wildman–Crippen LogP) is 3.41. The van der Waals surface area contributed by atoms with Crippen LogP contribution in [-0.2, 0) is 4.74 Å². The first-order valence-electron chi connectivity index (χ1n) is 6.16. The summed E-state index contributed by atoms with van der Waals surface area (Å²) in [6.07, 6.45) is 3.15. The summed E-state index contributed by atoms with van der Waals surface area (Å²) in [5.74, 6) is 1.87. The molecule has 18 heavy (non-hydrogen) atoms. The van der Waals surface area contributed by atoms with E-state index in [-0.39, 0.29) is 6.04 Å². The molecule has 0 saturated heterocycles. The Morgan fingerprint density at radius 3 is 2.89 bits per heavy atom. The molecular weight excluding hydrogens is 294 g/mol. The fourth-order valence-corrected chi connectivity index (χ4v) is 2.65. The van der Waals surface area contributed by atoms with Crippen LogP contribution in [0.25, 0.3) is 0 Å². The van der Waals surface area contributed by atoms with Crippen molar-refractivity contribution in [3.8, 4) is 5.75 Å². The fraction of sp³-hybridized carbons (Fsp3) is 0.429. The number of hydrogen-bond acceptors (Lipinski definition) is 3. The Bertz CT molecular complexity index is 445. The van der Waals surface area contributed by atoms with Gasteiger partial charge in [-0.25, -0.2) is 0 Å². The molecule has 0 spiro atoms. The van der Waals surface area contributed by atoms with Crippen molar-refractivity contribution in [3.05, 3.63) is 40.1 Å². The van der Waals surface area contributed by atoms with Crippen LogP contribution in [0.1, 0.15) is 24.9 Å². The maximum absolute atomic E-state index is 5.67. The van der Waals surface area contributed by atoms with Crippen molar-refractivity contribution in [1.82, 2.24) is 5.32 Å². The average molecular weight is 312 g/mol. The van der Waals surface area contributed by atoms with Crippen molar-refractivity contribution in [2.75, 3.05) is 20.3 Å². The zero-order valence-electron chi connectivity index (χ0n) is 10.7. The Morgan fingerprint density at radius 1 is 1.50 bits per heavy atom. The van der Waals surface area contributed by atoms with Gasteiger partial charge in [-0.1, -0.05) is 13.0 Å². The van der Waals surface area contributed by atoms with Crippen LogP contribution in [0, 0.1) is 0 Å². The van der Waals surface area contributed by atoms with Gasteiger partial charge in [-0.15, -0.1) is 0 Å². The van der Waals surface area contributed by atoms with Crippen molar-refractivity contribution in [1.29, 1.82) is 0 Å². The molecule has 0 saturated carbocycles. The highest BCUT2D eigenvalue weighted by Crippen LogP contribution is 2.32. The van der Waals surface area contributed by atoms with Gasteiger partial charge in [-0.2, -0.15) is 0 Å². The van der Waals surface area contributed by atoms with E-state index in [1.807, 2.05) is 6.07 Å². The summed E-state index contributed by atoms with van der Waals surface area (Å²) in [6, 6.07) is 6.24. The van der Waals surface area contributed by atoms with Crippen LogP contribution in [0.2, 0.25) is 0 Å². The van der Waals surface area contributed by atoms with Gasteiger partial charge in [0.05, 0.1) is 24.2 Å². The second-order valence-electron chi connectivity index (χ2n) is 4.13. The van der Waals surface area contributed by atoms with E-state index < -0.39 is 0 Å². The summed E-state index contributed by atoms with van der Waals surface area (Å²) in [4.78, 5) is 0. The van der Waals surface area contributed by atoms with Crippen LogP contribution in [0.15, 0.2) is 34.5 Å². The van der Waals surface area contributed by atoms with E-state index in [9.17, 15) is 0 Å². The average Bonchev–Trinajstić information content (AvgIpc) is 2.89. The third-order valence-electron chi connectivity index (χ3n) is 2.93. The lowest BCUT2D eigenvalue weighted by Gasteiger charge is -2.20. The number of methoxy groups -OCH3 is 1. The molecule has 0 aliphatic carbocycles. The smallest absolute Gasteiger partial charge is 0.133 e. The lowest BCUT2D eigenvalue weighted by atomic mass is 10.0. The number of nitrogens with one attached hydrogen (secondary N) is 1. The van der Waals surface area contributed by atoms with Crippen LogP contribution in [-0.4, -0.2) is 20.3 Å². The summed E-state index contributed by atoms with van der Waals surface area (Å²) in [7, 11) is 1.67. The van der Waals surface area contributed by atoms with Gasteiger partial charge >= 0.3 is 0 Å². The number of halogens is 1. The lowest BCUT2D eigenvalue weighted by Crippen LogP contribution is -2.23. The summed E-state index contributed by atoms with van der Waals surface area (Å²) in [5, 5.41) is 3.45. The number of rotatable bonds is 5. The summed E-state index contributed by atoms with van der Waals surface area (Å²) >= 11 is 3.52. The molecule has 4 heteroatoms. The molecule has 1 aliphatic rings. The molecule has 1 aromatic rings. The number of benzene rings is 1. The van der Waals surface area contributed by atoms with Crippen molar-refractivity contribution in [2.45, 2.75) is 19.4 Å². The topological polar surface area (TPSA) is 30.5 Å². The lowest BCUT2D eigenvalue weighted by molar-refractivity contribution is 0.216. The van der Waals surface area contributed by atoms with Gasteiger partial charge in [-0.05, 0) is 46.2 Å². The molecule has 2 rings (SSSR count).